The molecule has 1 saturated carbocycles. The number of fused-ring (bicyclic) bond motifs is 1. The van der Waals surface area contributed by atoms with Crippen LogP contribution in [0.5, 0.6) is 11.6 Å². The second kappa shape index (κ2) is 11.0. The fourth-order valence-electron chi connectivity index (χ4n) is 4.24. The molecular formula is C28H33N3O5. The Morgan fingerprint density at radius 2 is 2.06 bits per heavy atom. The predicted molar refractivity (Wildman–Crippen MR) is 135 cm³/mol. The van der Waals surface area contributed by atoms with E-state index in [1.54, 1.807) is 36.2 Å². The van der Waals surface area contributed by atoms with Crippen LogP contribution in [0.25, 0.3) is 0 Å². The molecule has 1 aromatic heterocycles. The van der Waals surface area contributed by atoms with Crippen LogP contribution in [0, 0.1) is 23.7 Å². The molecule has 4 rings (SSSR count). The topological polar surface area (TPSA) is 92.2 Å². The Balaban J connectivity index is 1.65. The molecule has 1 aliphatic carbocycles. The fourth-order valence-corrected chi connectivity index (χ4v) is 4.24. The van der Waals surface area contributed by atoms with Gasteiger partial charge < -0.3 is 24.4 Å². The fraction of sp³-hybridized carbons (Fsp3) is 0.464. The minimum Gasteiger partial charge on any atom is -0.497 e. The molecule has 2 amide bonds. The van der Waals surface area contributed by atoms with Crippen LogP contribution in [-0.2, 0) is 4.79 Å². The van der Waals surface area contributed by atoms with Gasteiger partial charge in [-0.1, -0.05) is 24.8 Å². The number of benzene rings is 1. The van der Waals surface area contributed by atoms with Crippen molar-refractivity contribution >= 4 is 11.8 Å². The molecule has 2 aliphatic rings. The number of likely N-dealkylation sites (N-methyl/N-ethyl adjacent to an activating group) is 1. The third-order valence-corrected chi connectivity index (χ3v) is 6.70. The Hall–Kier alpha value is -3.57. The minimum atomic E-state index is -0.385. The average Bonchev–Trinajstić information content (AvgIpc) is 3.74. The van der Waals surface area contributed by atoms with Gasteiger partial charge in [0.2, 0.25) is 11.8 Å². The first-order chi connectivity index (χ1) is 17.3. The van der Waals surface area contributed by atoms with Gasteiger partial charge in [0.1, 0.15) is 17.4 Å². The minimum absolute atomic E-state index is 0.0834. The summed E-state index contributed by atoms with van der Waals surface area (Å²) in [6.45, 7) is 4.41. The Morgan fingerprint density at radius 3 is 2.75 bits per heavy atom. The van der Waals surface area contributed by atoms with Gasteiger partial charge in [0, 0.05) is 42.8 Å². The molecular weight excluding hydrogens is 458 g/mol. The third kappa shape index (κ3) is 5.80. The van der Waals surface area contributed by atoms with E-state index < -0.39 is 0 Å². The summed E-state index contributed by atoms with van der Waals surface area (Å²) in [5, 5.41) is 9.83. The molecule has 0 radical (unpaired) electrons. The monoisotopic (exact) mass is 491 g/mol. The predicted octanol–water partition coefficient (Wildman–Crippen LogP) is 2.58. The number of pyridine rings is 1. The van der Waals surface area contributed by atoms with Crippen LogP contribution < -0.4 is 9.47 Å². The summed E-state index contributed by atoms with van der Waals surface area (Å²) in [6.07, 6.45) is 3.09. The smallest absolute Gasteiger partial charge is 0.259 e. The zero-order valence-corrected chi connectivity index (χ0v) is 21.2. The summed E-state index contributed by atoms with van der Waals surface area (Å²) >= 11 is 0. The van der Waals surface area contributed by atoms with Gasteiger partial charge in [-0.3, -0.25) is 9.59 Å². The van der Waals surface area contributed by atoms with E-state index in [4.69, 9.17) is 9.47 Å². The summed E-state index contributed by atoms with van der Waals surface area (Å²) in [5.74, 6) is 6.96. The van der Waals surface area contributed by atoms with Crippen molar-refractivity contribution < 1.29 is 24.2 Å². The molecule has 190 valence electrons. The Morgan fingerprint density at radius 1 is 1.31 bits per heavy atom. The molecule has 1 aliphatic heterocycles. The van der Waals surface area contributed by atoms with Crippen molar-refractivity contribution in [3.63, 3.8) is 0 Å². The van der Waals surface area contributed by atoms with E-state index >= 15 is 0 Å². The number of hydrogen-bond acceptors (Lipinski definition) is 6. The summed E-state index contributed by atoms with van der Waals surface area (Å²) in [4.78, 5) is 33.9. The lowest BCUT2D eigenvalue weighted by Gasteiger charge is -2.37. The number of aliphatic hydroxyl groups excluding tert-OH is 1. The van der Waals surface area contributed by atoms with Gasteiger partial charge in [0.15, 0.2) is 0 Å². The summed E-state index contributed by atoms with van der Waals surface area (Å²) in [6, 6.07) is 8.71. The number of ether oxygens (including phenoxy) is 2. The third-order valence-electron chi connectivity index (χ3n) is 6.70. The van der Waals surface area contributed by atoms with Crippen LogP contribution in [0.1, 0.15) is 48.2 Å². The van der Waals surface area contributed by atoms with Crippen LogP contribution >= 0.6 is 0 Å². The van der Waals surface area contributed by atoms with Crippen LogP contribution in [0.3, 0.4) is 0 Å². The second-order valence-electron chi connectivity index (χ2n) is 9.67. The van der Waals surface area contributed by atoms with Gasteiger partial charge >= 0.3 is 0 Å². The average molecular weight is 492 g/mol. The van der Waals surface area contributed by atoms with Crippen molar-refractivity contribution in [1.29, 1.82) is 0 Å². The molecule has 1 aromatic carbocycles. The quantitative estimate of drug-likeness (QED) is 0.625. The number of methoxy groups -OCH3 is 1. The molecule has 0 bridgehead atoms. The van der Waals surface area contributed by atoms with E-state index in [1.807, 2.05) is 38.1 Å². The van der Waals surface area contributed by atoms with E-state index in [2.05, 4.69) is 16.8 Å². The molecule has 36 heavy (non-hydrogen) atoms. The Bertz CT molecular complexity index is 1180. The maximum absolute atomic E-state index is 13.5. The normalized spacial score (nSPS) is 20.1. The lowest BCUT2D eigenvalue weighted by molar-refractivity contribution is -0.132. The second-order valence-corrected chi connectivity index (χ2v) is 9.67. The van der Waals surface area contributed by atoms with Crippen LogP contribution in [-0.4, -0.2) is 77.7 Å². The highest BCUT2D eigenvalue weighted by molar-refractivity contribution is 5.97. The molecule has 8 heteroatoms. The van der Waals surface area contributed by atoms with E-state index in [9.17, 15) is 14.7 Å². The number of aromatic nitrogens is 1. The van der Waals surface area contributed by atoms with E-state index in [1.165, 1.54) is 0 Å². The number of amides is 2. The summed E-state index contributed by atoms with van der Waals surface area (Å²) < 4.78 is 11.5. The van der Waals surface area contributed by atoms with E-state index in [0.29, 0.717) is 30.0 Å². The number of aliphatic hydroxyl groups is 1. The van der Waals surface area contributed by atoms with Crippen molar-refractivity contribution in [3.05, 3.63) is 53.2 Å². The van der Waals surface area contributed by atoms with Gasteiger partial charge in [0.05, 0.1) is 26.3 Å². The van der Waals surface area contributed by atoms with Crippen LogP contribution in [0.2, 0.25) is 0 Å². The van der Waals surface area contributed by atoms with Crippen molar-refractivity contribution in [2.75, 3.05) is 33.9 Å². The highest BCUT2D eigenvalue weighted by Gasteiger charge is 2.37. The molecule has 0 saturated heterocycles. The summed E-state index contributed by atoms with van der Waals surface area (Å²) in [7, 11) is 3.39. The van der Waals surface area contributed by atoms with E-state index in [0.717, 1.165) is 18.4 Å². The van der Waals surface area contributed by atoms with Crippen molar-refractivity contribution in [2.24, 2.45) is 11.8 Å². The molecule has 1 N–H and O–H groups in total. The number of carbonyl (C=O) groups excluding carboxylic acids is 2. The Kier molecular flexibility index (Phi) is 7.80. The number of carbonyl (C=O) groups is 2. The SMILES string of the molecule is COc1cccc(C#Cc2cnc3c(c2)C(=O)N([C@@H](C)CO)C[C@H](C)[C@H](CN(C)C(=O)C2CC2)O3)c1. The molecule has 2 heterocycles. The first kappa shape index (κ1) is 25.5. The van der Waals surface area contributed by atoms with Gasteiger partial charge in [0.25, 0.3) is 5.91 Å². The molecule has 0 spiro atoms. The first-order valence-corrected chi connectivity index (χ1v) is 12.3. The van der Waals surface area contributed by atoms with Crippen LogP contribution in [0.4, 0.5) is 0 Å². The van der Waals surface area contributed by atoms with Crippen molar-refractivity contribution in [2.45, 2.75) is 38.8 Å². The highest BCUT2D eigenvalue weighted by atomic mass is 16.5. The lowest BCUT2D eigenvalue weighted by atomic mass is 9.99. The molecule has 0 unspecified atom stereocenters. The maximum Gasteiger partial charge on any atom is 0.259 e. The van der Waals surface area contributed by atoms with Crippen molar-refractivity contribution in [1.82, 2.24) is 14.8 Å². The standard InChI is InChI=1S/C28H33N3O5/c1-18-15-31(19(2)17-32)28(34)24-13-21(9-8-20-6-5-7-23(12-20)35-4)14-29-26(24)36-25(18)16-30(3)27(33)22-10-11-22/h5-7,12-14,18-19,22,25,32H,10-11,15-17H2,1-4H3/t18-,19-,25-/m0/s1. The van der Waals surface area contributed by atoms with Crippen molar-refractivity contribution in [3.8, 4) is 23.5 Å². The number of rotatable bonds is 6. The Labute approximate surface area is 212 Å². The number of hydrogen-bond donors (Lipinski definition) is 1. The molecule has 1 fully saturated rings. The lowest BCUT2D eigenvalue weighted by Crippen LogP contribution is -2.50. The maximum atomic E-state index is 13.5. The molecule has 3 atom stereocenters. The van der Waals surface area contributed by atoms with E-state index in [-0.39, 0.29) is 48.3 Å². The van der Waals surface area contributed by atoms with Gasteiger partial charge in [-0.25, -0.2) is 4.98 Å². The summed E-state index contributed by atoms with van der Waals surface area (Å²) in [5.41, 5.74) is 1.63. The van der Waals surface area contributed by atoms with Crippen LogP contribution in [0.15, 0.2) is 36.5 Å². The van der Waals surface area contributed by atoms with Gasteiger partial charge in [-0.2, -0.15) is 0 Å². The number of nitrogens with zero attached hydrogens (tertiary/aromatic N) is 3. The molecule has 8 nitrogen and oxygen atoms in total. The first-order valence-electron chi connectivity index (χ1n) is 12.3. The largest absolute Gasteiger partial charge is 0.497 e. The van der Waals surface area contributed by atoms with Gasteiger partial charge in [-0.05, 0) is 44.0 Å². The zero-order valence-electron chi connectivity index (χ0n) is 21.2. The van der Waals surface area contributed by atoms with Gasteiger partial charge in [-0.15, -0.1) is 0 Å². The molecule has 2 aromatic rings. The zero-order chi connectivity index (χ0) is 25.8. The highest BCUT2D eigenvalue weighted by Crippen LogP contribution is 2.32.